The summed E-state index contributed by atoms with van der Waals surface area (Å²) in [6.07, 6.45) is 0. The summed E-state index contributed by atoms with van der Waals surface area (Å²) in [6.45, 7) is 3.43. The summed E-state index contributed by atoms with van der Waals surface area (Å²) in [4.78, 5) is 12.1. The third-order valence-electron chi connectivity index (χ3n) is 2.69. The number of ketones is 1. The van der Waals surface area contributed by atoms with Crippen LogP contribution in [0.15, 0.2) is 18.2 Å². The van der Waals surface area contributed by atoms with Crippen LogP contribution in [0.5, 0.6) is 0 Å². The van der Waals surface area contributed by atoms with Crippen LogP contribution < -0.4 is 5.32 Å². The highest BCUT2D eigenvalue weighted by atomic mass is 19.1. The highest BCUT2D eigenvalue weighted by Crippen LogP contribution is 2.13. The van der Waals surface area contributed by atoms with Gasteiger partial charge in [0.05, 0.1) is 19.3 Å². The Hall–Kier alpha value is -1.26. The number of morpholine rings is 1. The van der Waals surface area contributed by atoms with Gasteiger partial charge in [-0.1, -0.05) is 0 Å². The van der Waals surface area contributed by atoms with Crippen molar-refractivity contribution < 1.29 is 13.9 Å². The molecule has 1 aliphatic heterocycles. The second-order valence-electron chi connectivity index (χ2n) is 3.91. The van der Waals surface area contributed by atoms with E-state index < -0.39 is 0 Å². The SMILES string of the molecule is Cc1cc(F)ccc1C(=O)C1COCCN1. The molecular weight excluding hydrogens is 209 g/mol. The largest absolute Gasteiger partial charge is 0.378 e. The molecule has 1 unspecified atom stereocenters. The minimum atomic E-state index is -0.318. The lowest BCUT2D eigenvalue weighted by molar-refractivity contribution is 0.0607. The van der Waals surface area contributed by atoms with Gasteiger partial charge in [-0.15, -0.1) is 0 Å². The summed E-state index contributed by atoms with van der Waals surface area (Å²) in [5.41, 5.74) is 1.22. The first-order valence-electron chi connectivity index (χ1n) is 5.30. The van der Waals surface area contributed by atoms with E-state index >= 15 is 0 Å². The Morgan fingerprint density at radius 1 is 1.56 bits per heavy atom. The Balaban J connectivity index is 2.19. The van der Waals surface area contributed by atoms with E-state index in [1.54, 1.807) is 6.92 Å². The van der Waals surface area contributed by atoms with Crippen molar-refractivity contribution in [3.05, 3.63) is 35.1 Å². The molecule has 2 rings (SSSR count). The number of Topliss-reactive ketones (excluding diaryl/α,β-unsaturated/α-hetero) is 1. The van der Waals surface area contributed by atoms with Crippen LogP contribution >= 0.6 is 0 Å². The van der Waals surface area contributed by atoms with Crippen LogP contribution in [-0.2, 0) is 4.74 Å². The van der Waals surface area contributed by atoms with Gasteiger partial charge in [0.25, 0.3) is 0 Å². The highest BCUT2D eigenvalue weighted by Gasteiger charge is 2.23. The Morgan fingerprint density at radius 2 is 2.38 bits per heavy atom. The van der Waals surface area contributed by atoms with Gasteiger partial charge in [-0.25, -0.2) is 4.39 Å². The molecule has 3 nitrogen and oxygen atoms in total. The molecule has 0 amide bonds. The number of hydrogen-bond acceptors (Lipinski definition) is 3. The van der Waals surface area contributed by atoms with Crippen LogP contribution in [0.4, 0.5) is 4.39 Å². The lowest BCUT2D eigenvalue weighted by Gasteiger charge is -2.23. The second kappa shape index (κ2) is 4.72. The third-order valence-corrected chi connectivity index (χ3v) is 2.69. The first-order chi connectivity index (χ1) is 7.68. The maximum Gasteiger partial charge on any atom is 0.182 e. The molecule has 1 fully saturated rings. The molecule has 1 saturated heterocycles. The fourth-order valence-corrected chi connectivity index (χ4v) is 1.83. The molecule has 1 aliphatic rings. The molecule has 1 heterocycles. The average molecular weight is 223 g/mol. The fourth-order valence-electron chi connectivity index (χ4n) is 1.83. The molecule has 1 aromatic rings. The third kappa shape index (κ3) is 2.28. The molecule has 86 valence electrons. The molecular formula is C12H14FNO2. The number of carbonyl (C=O) groups is 1. The summed E-state index contributed by atoms with van der Waals surface area (Å²) in [5.74, 6) is -0.348. The summed E-state index contributed by atoms with van der Waals surface area (Å²) >= 11 is 0. The van der Waals surface area contributed by atoms with Crippen LogP contribution in [0.25, 0.3) is 0 Å². The highest BCUT2D eigenvalue weighted by molar-refractivity contribution is 6.01. The number of ether oxygens (including phenoxy) is 1. The van der Waals surface area contributed by atoms with E-state index in [4.69, 9.17) is 4.74 Å². The van der Waals surface area contributed by atoms with Crippen molar-refractivity contribution in [1.82, 2.24) is 5.32 Å². The smallest absolute Gasteiger partial charge is 0.182 e. The van der Waals surface area contributed by atoms with Crippen LogP contribution in [-0.4, -0.2) is 31.6 Å². The first kappa shape index (κ1) is 11.2. The number of aryl methyl sites for hydroxylation is 1. The van der Waals surface area contributed by atoms with Gasteiger partial charge in [-0.3, -0.25) is 4.79 Å². The van der Waals surface area contributed by atoms with Gasteiger partial charge in [0, 0.05) is 12.1 Å². The lowest BCUT2D eigenvalue weighted by Crippen LogP contribution is -2.46. The number of carbonyl (C=O) groups excluding carboxylic acids is 1. The Kier molecular flexibility index (Phi) is 3.31. The zero-order valence-electron chi connectivity index (χ0n) is 9.13. The van der Waals surface area contributed by atoms with E-state index in [0.29, 0.717) is 30.9 Å². The van der Waals surface area contributed by atoms with E-state index in [9.17, 15) is 9.18 Å². The molecule has 16 heavy (non-hydrogen) atoms. The van der Waals surface area contributed by atoms with Crippen molar-refractivity contribution in [2.75, 3.05) is 19.8 Å². The van der Waals surface area contributed by atoms with Gasteiger partial charge in [-0.2, -0.15) is 0 Å². The lowest BCUT2D eigenvalue weighted by atomic mass is 9.99. The van der Waals surface area contributed by atoms with Crippen molar-refractivity contribution >= 4 is 5.78 Å². The van der Waals surface area contributed by atoms with Crippen LogP contribution in [0.3, 0.4) is 0 Å². The predicted molar refractivity (Wildman–Crippen MR) is 58.1 cm³/mol. The molecule has 0 bridgehead atoms. The molecule has 1 N–H and O–H groups in total. The number of benzene rings is 1. The second-order valence-corrected chi connectivity index (χ2v) is 3.91. The number of hydrogen-bond donors (Lipinski definition) is 1. The Labute approximate surface area is 93.6 Å². The van der Waals surface area contributed by atoms with E-state index in [1.165, 1.54) is 18.2 Å². The van der Waals surface area contributed by atoms with Crippen molar-refractivity contribution in [1.29, 1.82) is 0 Å². The summed E-state index contributed by atoms with van der Waals surface area (Å²) in [7, 11) is 0. The van der Waals surface area contributed by atoms with Gasteiger partial charge >= 0.3 is 0 Å². The number of rotatable bonds is 2. The predicted octanol–water partition coefficient (Wildman–Crippen LogP) is 1.31. The topological polar surface area (TPSA) is 38.3 Å². The summed E-state index contributed by atoms with van der Waals surface area (Å²) in [5, 5.41) is 3.09. The van der Waals surface area contributed by atoms with Crippen LogP contribution in [0.1, 0.15) is 15.9 Å². The van der Waals surface area contributed by atoms with E-state index in [1.807, 2.05) is 0 Å². The minimum Gasteiger partial charge on any atom is -0.378 e. The average Bonchev–Trinajstić information content (AvgIpc) is 2.29. The van der Waals surface area contributed by atoms with Crippen LogP contribution in [0, 0.1) is 12.7 Å². The van der Waals surface area contributed by atoms with Crippen LogP contribution in [0.2, 0.25) is 0 Å². The molecule has 0 spiro atoms. The maximum atomic E-state index is 12.9. The van der Waals surface area contributed by atoms with Gasteiger partial charge in [0.1, 0.15) is 5.82 Å². The van der Waals surface area contributed by atoms with Gasteiger partial charge in [-0.05, 0) is 30.7 Å². The van der Waals surface area contributed by atoms with Gasteiger partial charge < -0.3 is 10.1 Å². The van der Waals surface area contributed by atoms with E-state index in [2.05, 4.69) is 5.32 Å². The Morgan fingerprint density at radius 3 is 3.00 bits per heavy atom. The number of halogens is 1. The fraction of sp³-hybridized carbons (Fsp3) is 0.417. The molecule has 0 saturated carbocycles. The molecule has 4 heteroatoms. The van der Waals surface area contributed by atoms with Crippen molar-refractivity contribution in [2.24, 2.45) is 0 Å². The normalized spacial score (nSPS) is 20.8. The summed E-state index contributed by atoms with van der Waals surface area (Å²) < 4.78 is 18.1. The number of nitrogens with one attached hydrogen (secondary N) is 1. The quantitative estimate of drug-likeness (QED) is 0.768. The minimum absolute atomic E-state index is 0.0304. The zero-order chi connectivity index (χ0) is 11.5. The first-order valence-corrected chi connectivity index (χ1v) is 5.30. The summed E-state index contributed by atoms with van der Waals surface area (Å²) in [6, 6.07) is 3.90. The molecule has 1 atom stereocenters. The zero-order valence-corrected chi connectivity index (χ0v) is 9.13. The molecule has 0 aliphatic carbocycles. The van der Waals surface area contributed by atoms with E-state index in [0.717, 1.165) is 0 Å². The molecule has 0 radical (unpaired) electrons. The van der Waals surface area contributed by atoms with Crippen molar-refractivity contribution in [3.63, 3.8) is 0 Å². The standard InChI is InChI=1S/C12H14FNO2/c1-8-6-9(13)2-3-10(8)12(15)11-7-16-5-4-14-11/h2-3,6,11,14H,4-5,7H2,1H3. The maximum absolute atomic E-state index is 12.9. The van der Waals surface area contributed by atoms with E-state index in [-0.39, 0.29) is 17.6 Å². The molecule has 0 aromatic heterocycles. The monoisotopic (exact) mass is 223 g/mol. The van der Waals surface area contributed by atoms with Crippen molar-refractivity contribution in [3.8, 4) is 0 Å². The van der Waals surface area contributed by atoms with Crippen molar-refractivity contribution in [2.45, 2.75) is 13.0 Å². The Bertz CT molecular complexity index is 400. The molecule has 1 aromatic carbocycles. The van der Waals surface area contributed by atoms with Gasteiger partial charge in [0.2, 0.25) is 0 Å². The van der Waals surface area contributed by atoms with Gasteiger partial charge in [0.15, 0.2) is 5.78 Å².